The van der Waals surface area contributed by atoms with Gasteiger partial charge in [0.05, 0.1) is 17.1 Å². The third-order valence-corrected chi connectivity index (χ3v) is 9.98. The second-order valence-corrected chi connectivity index (χ2v) is 11.8. The van der Waals surface area contributed by atoms with Crippen LogP contribution in [0.2, 0.25) is 0 Å². The van der Waals surface area contributed by atoms with Crippen molar-refractivity contribution < 1.29 is 19.7 Å². The van der Waals surface area contributed by atoms with E-state index >= 15 is 0 Å². The highest BCUT2D eigenvalue weighted by molar-refractivity contribution is 5.94. The molecule has 1 saturated carbocycles. The number of aliphatic hydroxyl groups is 1. The van der Waals surface area contributed by atoms with E-state index in [1.807, 2.05) is 42.5 Å². The Labute approximate surface area is 235 Å². The lowest BCUT2D eigenvalue weighted by atomic mass is 9.48. The summed E-state index contributed by atoms with van der Waals surface area (Å²) in [7, 11) is 1.79. The normalized spacial score (nSPS) is 29.5. The zero-order chi connectivity index (χ0) is 27.5. The van der Waals surface area contributed by atoms with E-state index in [1.54, 1.807) is 18.0 Å². The summed E-state index contributed by atoms with van der Waals surface area (Å²) in [6.07, 6.45) is 3.05. The van der Waals surface area contributed by atoms with Crippen LogP contribution in [0.5, 0.6) is 11.5 Å². The summed E-state index contributed by atoms with van der Waals surface area (Å²) in [6.45, 7) is 1.70. The molecule has 1 amide bonds. The first-order valence-corrected chi connectivity index (χ1v) is 14.3. The van der Waals surface area contributed by atoms with Crippen LogP contribution in [0.25, 0.3) is 0 Å². The van der Waals surface area contributed by atoms with Gasteiger partial charge in [0.1, 0.15) is 6.10 Å². The third kappa shape index (κ3) is 3.61. The molecule has 0 unspecified atom stereocenters. The standard InChI is InChI=1S/C34H34N2O4/c1-35(29(38)15-12-23-8-4-2-5-9-23)26-16-18-34(39)28-22-25-13-14-27(37)31-30(25)33(34,32(26)40-31)19-21-36(28)20-17-24-10-6-3-7-11-24/h2-11,13-14,26,28,32,37,39H,16-22H2,1H3/t26-,28-,32+,33+,34-/m1/s1. The van der Waals surface area contributed by atoms with E-state index in [1.165, 1.54) is 5.56 Å². The van der Waals surface area contributed by atoms with E-state index in [0.717, 1.165) is 36.2 Å². The average molecular weight is 535 g/mol. The molecule has 1 spiro atoms. The smallest absolute Gasteiger partial charge is 0.298 e. The van der Waals surface area contributed by atoms with Gasteiger partial charge in [0.2, 0.25) is 0 Å². The van der Waals surface area contributed by atoms with Crippen LogP contribution in [0.1, 0.15) is 41.5 Å². The molecule has 1 saturated heterocycles. The Morgan fingerprint density at radius 1 is 1.07 bits per heavy atom. The van der Waals surface area contributed by atoms with E-state index < -0.39 is 17.1 Å². The van der Waals surface area contributed by atoms with Gasteiger partial charge in [-0.15, -0.1) is 0 Å². The Morgan fingerprint density at radius 2 is 1.82 bits per heavy atom. The van der Waals surface area contributed by atoms with Crippen molar-refractivity contribution in [1.29, 1.82) is 0 Å². The van der Waals surface area contributed by atoms with Gasteiger partial charge in [-0.25, -0.2) is 0 Å². The minimum absolute atomic E-state index is 0.0566. The van der Waals surface area contributed by atoms with Gasteiger partial charge in [0, 0.05) is 36.7 Å². The molecule has 3 aromatic rings. The number of phenols is 1. The van der Waals surface area contributed by atoms with E-state index in [-0.39, 0.29) is 23.7 Å². The number of carbonyl (C=O) groups is 1. The van der Waals surface area contributed by atoms with Crippen molar-refractivity contribution in [2.24, 2.45) is 0 Å². The van der Waals surface area contributed by atoms with Crippen molar-refractivity contribution in [3.8, 4) is 23.3 Å². The molecule has 0 aromatic heterocycles. The Kier molecular flexibility index (Phi) is 5.92. The fourth-order valence-electron chi connectivity index (χ4n) is 8.07. The number of phenolic OH excluding ortho intramolecular Hbond substituents is 1. The number of amides is 1. The highest BCUT2D eigenvalue weighted by Crippen LogP contribution is 2.65. The quantitative estimate of drug-likeness (QED) is 0.500. The summed E-state index contributed by atoms with van der Waals surface area (Å²) in [5.74, 6) is 6.11. The highest BCUT2D eigenvalue weighted by atomic mass is 16.5. The maximum atomic E-state index is 13.3. The summed E-state index contributed by atoms with van der Waals surface area (Å²) in [6, 6.07) is 23.4. The van der Waals surface area contributed by atoms with Crippen LogP contribution in [0.3, 0.4) is 0 Å². The van der Waals surface area contributed by atoms with Crippen LogP contribution in [-0.4, -0.2) is 69.8 Å². The molecule has 3 aromatic carbocycles. The number of hydrogen-bond acceptors (Lipinski definition) is 5. The van der Waals surface area contributed by atoms with Crippen molar-refractivity contribution in [1.82, 2.24) is 9.80 Å². The van der Waals surface area contributed by atoms with Crippen LogP contribution >= 0.6 is 0 Å². The fraction of sp³-hybridized carbons (Fsp3) is 0.382. The Balaban J connectivity index is 1.23. The number of likely N-dealkylation sites (tertiary alicyclic amines) is 1. The second kappa shape index (κ2) is 9.40. The predicted octanol–water partition coefficient (Wildman–Crippen LogP) is 3.67. The zero-order valence-corrected chi connectivity index (χ0v) is 22.7. The van der Waals surface area contributed by atoms with Crippen LogP contribution < -0.4 is 4.74 Å². The van der Waals surface area contributed by atoms with Crippen LogP contribution in [-0.2, 0) is 23.1 Å². The molecule has 2 heterocycles. The van der Waals surface area contributed by atoms with E-state index in [4.69, 9.17) is 4.74 Å². The summed E-state index contributed by atoms with van der Waals surface area (Å²) in [5, 5.41) is 23.6. The topological polar surface area (TPSA) is 73.2 Å². The molecule has 204 valence electrons. The fourth-order valence-corrected chi connectivity index (χ4v) is 8.07. The number of likely N-dealkylation sites (N-methyl/N-ethyl adjacent to an activating group) is 1. The molecular formula is C34H34N2O4. The zero-order valence-electron chi connectivity index (χ0n) is 22.7. The highest BCUT2D eigenvalue weighted by Gasteiger charge is 2.73. The SMILES string of the molecule is CN(C(=O)C#Cc1ccccc1)[C@@H]1CC[C@@]2(O)[C@H]3Cc4ccc(O)c5c4[C@@]2(CCN3CCc2ccccc2)[C@H]1O5. The minimum Gasteiger partial charge on any atom is -0.504 e. The number of benzene rings is 3. The molecule has 5 atom stereocenters. The predicted molar refractivity (Wildman–Crippen MR) is 152 cm³/mol. The number of nitrogens with zero attached hydrogens (tertiary/aromatic N) is 2. The third-order valence-electron chi connectivity index (χ3n) is 9.98. The van der Waals surface area contributed by atoms with Gasteiger partial charge in [0.25, 0.3) is 5.91 Å². The van der Waals surface area contributed by atoms with Crippen molar-refractivity contribution >= 4 is 5.91 Å². The van der Waals surface area contributed by atoms with Crippen LogP contribution in [0.15, 0.2) is 72.8 Å². The molecule has 40 heavy (non-hydrogen) atoms. The maximum Gasteiger partial charge on any atom is 0.298 e. The number of hydrogen-bond donors (Lipinski definition) is 2. The lowest BCUT2D eigenvalue weighted by Gasteiger charge is -2.64. The van der Waals surface area contributed by atoms with Crippen LogP contribution in [0, 0.1) is 11.8 Å². The van der Waals surface area contributed by atoms with Gasteiger partial charge in [-0.05, 0) is 68.0 Å². The first-order valence-electron chi connectivity index (χ1n) is 14.3. The van der Waals surface area contributed by atoms with Gasteiger partial charge < -0.3 is 19.8 Å². The van der Waals surface area contributed by atoms with E-state index in [0.29, 0.717) is 31.4 Å². The summed E-state index contributed by atoms with van der Waals surface area (Å²) < 4.78 is 6.62. The number of rotatable bonds is 4. The Hall–Kier alpha value is -3.79. The molecule has 2 bridgehead atoms. The molecule has 0 radical (unpaired) electrons. The van der Waals surface area contributed by atoms with Crippen molar-refractivity contribution in [2.75, 3.05) is 20.1 Å². The monoisotopic (exact) mass is 534 g/mol. The number of piperidine rings is 1. The molecule has 6 nitrogen and oxygen atoms in total. The lowest BCUT2D eigenvalue weighted by Crippen LogP contribution is -2.78. The Bertz CT molecular complexity index is 1510. The Morgan fingerprint density at radius 3 is 2.60 bits per heavy atom. The van der Waals surface area contributed by atoms with Gasteiger partial charge in [-0.1, -0.05) is 60.5 Å². The second-order valence-electron chi connectivity index (χ2n) is 11.8. The molecule has 2 N–H and O–H groups in total. The van der Waals surface area contributed by atoms with Crippen molar-refractivity contribution in [2.45, 2.75) is 61.3 Å². The van der Waals surface area contributed by atoms with Gasteiger partial charge in [0.15, 0.2) is 11.5 Å². The van der Waals surface area contributed by atoms with Gasteiger partial charge in [-0.3, -0.25) is 9.69 Å². The molecular weight excluding hydrogens is 500 g/mol. The lowest BCUT2D eigenvalue weighted by molar-refractivity contribution is -0.199. The average Bonchev–Trinajstić information content (AvgIpc) is 3.33. The van der Waals surface area contributed by atoms with Crippen molar-refractivity contribution in [3.05, 3.63) is 95.1 Å². The minimum atomic E-state index is -1.02. The summed E-state index contributed by atoms with van der Waals surface area (Å²) in [5.41, 5.74) is 2.47. The molecule has 2 fully saturated rings. The molecule has 2 aliphatic carbocycles. The summed E-state index contributed by atoms with van der Waals surface area (Å²) in [4.78, 5) is 17.5. The number of carbonyl (C=O) groups excluding carboxylic acids is 1. The number of aromatic hydroxyl groups is 1. The van der Waals surface area contributed by atoms with E-state index in [9.17, 15) is 15.0 Å². The summed E-state index contributed by atoms with van der Waals surface area (Å²) >= 11 is 0. The van der Waals surface area contributed by atoms with Gasteiger partial charge in [-0.2, -0.15) is 0 Å². The molecule has 6 heteroatoms. The van der Waals surface area contributed by atoms with E-state index in [2.05, 4.69) is 41.0 Å². The molecule has 2 aliphatic heterocycles. The first-order chi connectivity index (χ1) is 19.4. The number of ether oxygens (including phenoxy) is 1. The molecule has 7 rings (SSSR count). The first kappa shape index (κ1) is 25.2. The molecule has 4 aliphatic rings. The van der Waals surface area contributed by atoms with Crippen LogP contribution in [0.4, 0.5) is 0 Å². The van der Waals surface area contributed by atoms with Gasteiger partial charge >= 0.3 is 0 Å². The van der Waals surface area contributed by atoms with Crippen molar-refractivity contribution in [3.63, 3.8) is 0 Å². The largest absolute Gasteiger partial charge is 0.504 e. The maximum absolute atomic E-state index is 13.3.